The van der Waals surface area contributed by atoms with E-state index in [1.165, 1.54) is 0 Å². The number of hydrogen-bond donors (Lipinski definition) is 3. The Kier molecular flexibility index (Phi) is 4.14. The number of aliphatic hydroxyl groups excluding tert-OH is 1. The molecule has 0 saturated carbocycles. The fourth-order valence-corrected chi connectivity index (χ4v) is 2.96. The van der Waals surface area contributed by atoms with Gasteiger partial charge in [0.05, 0.1) is 6.10 Å². The number of benzene rings is 2. The minimum absolute atomic E-state index is 0.106. The second-order valence-electron chi connectivity index (χ2n) is 6.16. The van der Waals surface area contributed by atoms with E-state index in [0.717, 1.165) is 16.5 Å². The van der Waals surface area contributed by atoms with Crippen LogP contribution in [0.5, 0.6) is 11.5 Å². The van der Waals surface area contributed by atoms with Crippen molar-refractivity contribution in [3.63, 3.8) is 0 Å². The highest BCUT2D eigenvalue weighted by atomic mass is 16.7. The molecular formula is C19H19N3O4. The Morgan fingerprint density at radius 3 is 2.92 bits per heavy atom. The number of fused-ring (bicyclic) bond motifs is 2. The monoisotopic (exact) mass is 353 g/mol. The third-order valence-corrected chi connectivity index (χ3v) is 4.38. The Hall–Kier alpha value is -3.19. The molecule has 134 valence electrons. The normalized spacial score (nSPS) is 13.6. The maximum absolute atomic E-state index is 12.1. The highest BCUT2D eigenvalue weighted by molar-refractivity contribution is 5.89. The molecule has 3 N–H and O–H groups in total. The van der Waals surface area contributed by atoms with Gasteiger partial charge in [-0.25, -0.2) is 4.79 Å². The van der Waals surface area contributed by atoms with Gasteiger partial charge in [-0.2, -0.15) is 0 Å². The van der Waals surface area contributed by atoms with E-state index in [0.29, 0.717) is 17.2 Å². The lowest BCUT2D eigenvalue weighted by Gasteiger charge is -2.13. The van der Waals surface area contributed by atoms with Gasteiger partial charge in [0.25, 0.3) is 0 Å². The first-order valence-electron chi connectivity index (χ1n) is 8.28. The summed E-state index contributed by atoms with van der Waals surface area (Å²) in [5, 5.41) is 16.8. The zero-order chi connectivity index (χ0) is 18.1. The second-order valence-corrected chi connectivity index (χ2v) is 6.16. The van der Waals surface area contributed by atoms with Crippen LogP contribution in [0, 0.1) is 0 Å². The Labute approximate surface area is 150 Å². The molecule has 2 aromatic carbocycles. The van der Waals surface area contributed by atoms with Gasteiger partial charge < -0.3 is 29.8 Å². The van der Waals surface area contributed by atoms with E-state index in [1.54, 1.807) is 18.2 Å². The maximum Gasteiger partial charge on any atom is 0.319 e. The van der Waals surface area contributed by atoms with E-state index in [4.69, 9.17) is 9.47 Å². The number of aliphatic hydroxyl groups is 1. The number of nitrogens with one attached hydrogen (secondary N) is 2. The van der Waals surface area contributed by atoms with Crippen molar-refractivity contribution in [2.45, 2.75) is 6.10 Å². The average Bonchev–Trinajstić information content (AvgIpc) is 3.25. The molecule has 0 saturated heterocycles. The lowest BCUT2D eigenvalue weighted by atomic mass is 10.1. The van der Waals surface area contributed by atoms with Crippen LogP contribution >= 0.6 is 0 Å². The summed E-state index contributed by atoms with van der Waals surface area (Å²) in [6.07, 6.45) is 1.18. The summed E-state index contributed by atoms with van der Waals surface area (Å²) in [4.78, 5) is 12.1. The molecule has 1 unspecified atom stereocenters. The summed E-state index contributed by atoms with van der Waals surface area (Å²) in [6, 6.07) is 12.5. The van der Waals surface area contributed by atoms with Crippen molar-refractivity contribution in [1.82, 2.24) is 9.88 Å². The molecule has 7 nitrogen and oxygen atoms in total. The number of rotatable bonds is 4. The molecule has 1 aliphatic heterocycles. The molecule has 0 fully saturated rings. The fourth-order valence-electron chi connectivity index (χ4n) is 2.96. The molecule has 2 heterocycles. The van der Waals surface area contributed by atoms with Gasteiger partial charge in [-0.05, 0) is 41.3 Å². The fraction of sp³-hybridized carbons (Fsp3) is 0.211. The standard InChI is InChI=1S/C19H19N3O4/c1-22-7-6-12-8-13(2-4-15(12)22)16(23)10-20-19(24)21-14-3-5-17-18(9-14)26-11-25-17/h2-9,16,23H,10-11H2,1H3,(H2,20,21,24). The number of anilines is 1. The molecule has 2 amide bonds. The summed E-state index contributed by atoms with van der Waals surface area (Å²) in [5.74, 6) is 1.25. The van der Waals surface area contributed by atoms with Crippen molar-refractivity contribution < 1.29 is 19.4 Å². The van der Waals surface area contributed by atoms with Crippen LogP contribution in [-0.2, 0) is 7.05 Å². The number of urea groups is 1. The molecule has 0 radical (unpaired) electrons. The highest BCUT2D eigenvalue weighted by Crippen LogP contribution is 2.34. The number of hydrogen-bond acceptors (Lipinski definition) is 4. The van der Waals surface area contributed by atoms with Gasteiger partial charge in [-0.3, -0.25) is 0 Å². The molecule has 3 aromatic rings. The predicted molar refractivity (Wildman–Crippen MR) is 97.5 cm³/mol. The first kappa shape index (κ1) is 16.3. The van der Waals surface area contributed by atoms with E-state index >= 15 is 0 Å². The Bertz CT molecular complexity index is 967. The predicted octanol–water partition coefficient (Wildman–Crippen LogP) is 2.76. The van der Waals surface area contributed by atoms with Crippen LogP contribution in [-0.4, -0.2) is 29.0 Å². The number of nitrogens with zero attached hydrogens (tertiary/aromatic N) is 1. The van der Waals surface area contributed by atoms with Crippen LogP contribution in [0.15, 0.2) is 48.7 Å². The maximum atomic E-state index is 12.1. The van der Waals surface area contributed by atoms with Crippen LogP contribution in [0.1, 0.15) is 11.7 Å². The summed E-state index contributed by atoms with van der Waals surface area (Å²) in [7, 11) is 1.97. The van der Waals surface area contributed by atoms with Crippen LogP contribution < -0.4 is 20.1 Å². The first-order valence-corrected chi connectivity index (χ1v) is 8.28. The van der Waals surface area contributed by atoms with Crippen molar-refractivity contribution in [3.05, 3.63) is 54.2 Å². The van der Waals surface area contributed by atoms with Crippen LogP contribution in [0.4, 0.5) is 10.5 Å². The minimum Gasteiger partial charge on any atom is -0.454 e. The molecule has 0 bridgehead atoms. The summed E-state index contributed by atoms with van der Waals surface area (Å²) in [5.41, 5.74) is 2.44. The van der Waals surface area contributed by atoms with Gasteiger partial charge in [0, 0.05) is 37.1 Å². The number of ether oxygens (including phenoxy) is 2. The molecule has 0 aliphatic carbocycles. The average molecular weight is 353 g/mol. The minimum atomic E-state index is -0.790. The van der Waals surface area contributed by atoms with Crippen LogP contribution in [0.2, 0.25) is 0 Å². The zero-order valence-corrected chi connectivity index (χ0v) is 14.2. The van der Waals surface area contributed by atoms with Gasteiger partial charge >= 0.3 is 6.03 Å². The van der Waals surface area contributed by atoms with Crippen molar-refractivity contribution in [2.24, 2.45) is 7.05 Å². The third kappa shape index (κ3) is 3.16. The molecule has 1 aliphatic rings. The molecule has 0 spiro atoms. The van der Waals surface area contributed by atoms with Gasteiger partial charge in [0.2, 0.25) is 6.79 Å². The molecule has 1 aromatic heterocycles. The summed E-state index contributed by atoms with van der Waals surface area (Å²) < 4.78 is 12.5. The SMILES string of the molecule is Cn1ccc2cc(C(O)CNC(=O)Nc3ccc4c(c3)OCO4)ccc21. The first-order chi connectivity index (χ1) is 12.6. The largest absolute Gasteiger partial charge is 0.454 e. The van der Waals surface area contributed by atoms with E-state index < -0.39 is 12.1 Å². The number of aryl methyl sites for hydroxylation is 1. The van der Waals surface area contributed by atoms with Gasteiger partial charge in [-0.15, -0.1) is 0 Å². The number of amides is 2. The third-order valence-electron chi connectivity index (χ3n) is 4.38. The number of aromatic nitrogens is 1. The van der Waals surface area contributed by atoms with Crippen LogP contribution in [0.25, 0.3) is 10.9 Å². The van der Waals surface area contributed by atoms with E-state index in [-0.39, 0.29) is 13.3 Å². The zero-order valence-electron chi connectivity index (χ0n) is 14.2. The van der Waals surface area contributed by atoms with Crippen LogP contribution in [0.3, 0.4) is 0 Å². The van der Waals surface area contributed by atoms with Crippen molar-refractivity contribution in [1.29, 1.82) is 0 Å². The van der Waals surface area contributed by atoms with Crippen molar-refractivity contribution >= 4 is 22.6 Å². The van der Waals surface area contributed by atoms with E-state index in [1.807, 2.05) is 42.1 Å². The molecule has 7 heteroatoms. The lowest BCUT2D eigenvalue weighted by molar-refractivity contribution is 0.174. The quantitative estimate of drug-likeness (QED) is 0.673. The smallest absolute Gasteiger partial charge is 0.319 e. The molecular weight excluding hydrogens is 334 g/mol. The topological polar surface area (TPSA) is 84.8 Å². The second kappa shape index (κ2) is 6.61. The van der Waals surface area contributed by atoms with Gasteiger partial charge in [0.15, 0.2) is 11.5 Å². The van der Waals surface area contributed by atoms with Gasteiger partial charge in [0.1, 0.15) is 0 Å². The van der Waals surface area contributed by atoms with E-state index in [9.17, 15) is 9.90 Å². The Balaban J connectivity index is 1.35. The summed E-state index contributed by atoms with van der Waals surface area (Å²) in [6.45, 7) is 0.289. The molecule has 1 atom stereocenters. The molecule has 4 rings (SSSR count). The Morgan fingerprint density at radius 1 is 1.19 bits per heavy atom. The molecule has 26 heavy (non-hydrogen) atoms. The number of carbonyl (C=O) groups is 1. The van der Waals surface area contributed by atoms with Gasteiger partial charge in [-0.1, -0.05) is 6.07 Å². The highest BCUT2D eigenvalue weighted by Gasteiger charge is 2.15. The summed E-state index contributed by atoms with van der Waals surface area (Å²) >= 11 is 0. The van der Waals surface area contributed by atoms with Crippen molar-refractivity contribution in [2.75, 3.05) is 18.7 Å². The number of carbonyl (C=O) groups excluding carboxylic acids is 1. The Morgan fingerprint density at radius 2 is 2.04 bits per heavy atom. The lowest BCUT2D eigenvalue weighted by Crippen LogP contribution is -2.32. The van der Waals surface area contributed by atoms with E-state index in [2.05, 4.69) is 10.6 Å². The van der Waals surface area contributed by atoms with Crippen molar-refractivity contribution in [3.8, 4) is 11.5 Å².